The summed E-state index contributed by atoms with van der Waals surface area (Å²) in [4.78, 5) is 14.1. The molecule has 1 heterocycles. The fourth-order valence-electron chi connectivity index (χ4n) is 0.912. The van der Waals surface area contributed by atoms with Gasteiger partial charge in [-0.25, -0.2) is 13.1 Å². The molecule has 0 bridgehead atoms. The van der Waals surface area contributed by atoms with Crippen molar-refractivity contribution in [3.8, 4) is 0 Å². The van der Waals surface area contributed by atoms with E-state index in [-0.39, 0.29) is 4.90 Å². The highest BCUT2D eigenvalue weighted by atomic mass is 79.9. The highest BCUT2D eigenvalue weighted by Crippen LogP contribution is 2.13. The molecule has 0 aromatic carbocycles. The fourth-order valence-corrected chi connectivity index (χ4v) is 2.45. The number of nitrogens with two attached hydrogens (primary N) is 1. The van der Waals surface area contributed by atoms with Crippen molar-refractivity contribution in [1.82, 2.24) is 9.71 Å². The van der Waals surface area contributed by atoms with Crippen molar-refractivity contribution in [3.05, 3.63) is 22.9 Å². The van der Waals surface area contributed by atoms with Crippen molar-refractivity contribution in [1.29, 1.82) is 0 Å². The zero-order valence-corrected chi connectivity index (χ0v) is 10.9. The molecule has 0 aliphatic heterocycles. The number of carbonyl (C=O) groups excluding carboxylic acids is 1. The Morgan fingerprint density at radius 2 is 2.24 bits per heavy atom. The third-order valence-electron chi connectivity index (χ3n) is 1.79. The first-order valence-corrected chi connectivity index (χ1v) is 6.68. The van der Waals surface area contributed by atoms with Crippen molar-refractivity contribution in [2.75, 3.05) is 6.54 Å². The number of hydrogen-bond donors (Lipinski definition) is 3. The van der Waals surface area contributed by atoms with Crippen LogP contribution in [0.25, 0.3) is 0 Å². The molecule has 4 N–H and O–H groups in total. The van der Waals surface area contributed by atoms with E-state index in [0.717, 1.165) is 6.20 Å². The number of nitrogens with one attached hydrogen (secondary N) is 1. The molecule has 9 heteroatoms. The van der Waals surface area contributed by atoms with Crippen molar-refractivity contribution >= 4 is 31.9 Å². The summed E-state index contributed by atoms with van der Waals surface area (Å²) in [7, 11) is -3.82. The molecule has 17 heavy (non-hydrogen) atoms. The molecule has 1 rings (SSSR count). The summed E-state index contributed by atoms with van der Waals surface area (Å²) in [6.45, 7) is -0.482. The first-order chi connectivity index (χ1) is 7.83. The number of carbonyl (C=O) groups is 1. The average molecular weight is 324 g/mol. The maximum absolute atomic E-state index is 11.7. The second kappa shape index (κ2) is 5.54. The van der Waals surface area contributed by atoms with E-state index in [9.17, 15) is 13.2 Å². The average Bonchev–Trinajstić information content (AvgIpc) is 2.26. The Morgan fingerprint density at radius 1 is 1.59 bits per heavy atom. The third kappa shape index (κ3) is 4.04. The van der Waals surface area contributed by atoms with Gasteiger partial charge in [-0.05, 0) is 22.0 Å². The van der Waals surface area contributed by atoms with Gasteiger partial charge in [-0.2, -0.15) is 0 Å². The minimum absolute atomic E-state index is 0.0801. The van der Waals surface area contributed by atoms with Gasteiger partial charge in [0.2, 0.25) is 15.9 Å². The number of aliphatic hydroxyl groups excluding tert-OH is 1. The minimum atomic E-state index is -3.82. The minimum Gasteiger partial charge on any atom is -0.382 e. The quantitative estimate of drug-likeness (QED) is 0.639. The van der Waals surface area contributed by atoms with Crippen molar-refractivity contribution in [3.63, 3.8) is 0 Å². The number of aromatic nitrogens is 1. The SMILES string of the molecule is NC(=O)C(O)CNS(=O)(=O)c1cncc(Br)c1. The fraction of sp³-hybridized carbons (Fsp3) is 0.250. The van der Waals surface area contributed by atoms with Gasteiger partial charge in [0.1, 0.15) is 11.0 Å². The van der Waals surface area contributed by atoms with Crippen LogP contribution < -0.4 is 10.5 Å². The number of primary amides is 1. The third-order valence-corrected chi connectivity index (χ3v) is 3.61. The van der Waals surface area contributed by atoms with Crippen LogP contribution in [0.5, 0.6) is 0 Å². The van der Waals surface area contributed by atoms with Gasteiger partial charge in [-0.15, -0.1) is 0 Å². The van der Waals surface area contributed by atoms with Gasteiger partial charge < -0.3 is 10.8 Å². The molecule has 1 unspecified atom stereocenters. The van der Waals surface area contributed by atoms with Crippen molar-refractivity contribution in [2.24, 2.45) is 5.73 Å². The van der Waals surface area contributed by atoms with Crippen LogP contribution in [0.3, 0.4) is 0 Å². The van der Waals surface area contributed by atoms with Gasteiger partial charge in [0.15, 0.2) is 0 Å². The second-order valence-electron chi connectivity index (χ2n) is 3.11. The second-order valence-corrected chi connectivity index (χ2v) is 5.79. The number of amides is 1. The molecule has 1 aromatic heterocycles. The lowest BCUT2D eigenvalue weighted by molar-refractivity contribution is -0.125. The zero-order chi connectivity index (χ0) is 13.1. The van der Waals surface area contributed by atoms with E-state index in [1.165, 1.54) is 12.3 Å². The lowest BCUT2D eigenvalue weighted by Crippen LogP contribution is -2.39. The molecule has 1 atom stereocenters. The number of pyridine rings is 1. The highest BCUT2D eigenvalue weighted by Gasteiger charge is 2.18. The van der Waals surface area contributed by atoms with Gasteiger partial charge in [-0.1, -0.05) is 0 Å². The zero-order valence-electron chi connectivity index (χ0n) is 8.50. The van der Waals surface area contributed by atoms with E-state index in [0.29, 0.717) is 4.47 Å². The number of halogens is 1. The molecule has 0 radical (unpaired) electrons. The monoisotopic (exact) mass is 323 g/mol. The smallest absolute Gasteiger partial charge is 0.247 e. The van der Waals surface area contributed by atoms with E-state index >= 15 is 0 Å². The van der Waals surface area contributed by atoms with E-state index in [1.807, 2.05) is 4.72 Å². The molecule has 1 amide bonds. The Morgan fingerprint density at radius 3 is 2.76 bits per heavy atom. The van der Waals surface area contributed by atoms with Gasteiger partial charge in [0, 0.05) is 23.4 Å². The molecular weight excluding hydrogens is 314 g/mol. The van der Waals surface area contributed by atoms with Crippen LogP contribution in [0.4, 0.5) is 0 Å². The lowest BCUT2D eigenvalue weighted by atomic mass is 10.3. The molecule has 0 fully saturated rings. The van der Waals surface area contributed by atoms with Gasteiger partial charge >= 0.3 is 0 Å². The standard InChI is InChI=1S/C8H10BrN3O4S/c9-5-1-6(3-11-2-5)17(15,16)12-4-7(13)8(10)14/h1-3,7,12-13H,4H2,(H2,10,14). The summed E-state index contributed by atoms with van der Waals surface area (Å²) in [5.74, 6) is -1.000. The van der Waals surface area contributed by atoms with Crippen molar-refractivity contribution < 1.29 is 18.3 Å². The molecule has 0 aliphatic carbocycles. The Balaban J connectivity index is 2.79. The first-order valence-electron chi connectivity index (χ1n) is 4.40. The van der Waals surface area contributed by atoms with Crippen molar-refractivity contribution in [2.45, 2.75) is 11.0 Å². The lowest BCUT2D eigenvalue weighted by Gasteiger charge is -2.09. The maximum atomic E-state index is 11.7. The van der Waals surface area contributed by atoms with Gasteiger partial charge in [0.05, 0.1) is 0 Å². The largest absolute Gasteiger partial charge is 0.382 e. The number of hydrogen-bond acceptors (Lipinski definition) is 5. The molecule has 1 aromatic rings. The van der Waals surface area contributed by atoms with E-state index in [4.69, 9.17) is 10.8 Å². The normalized spacial score (nSPS) is 13.3. The van der Waals surface area contributed by atoms with Crippen LogP contribution in [-0.4, -0.2) is 37.1 Å². The predicted octanol–water partition coefficient (Wildman–Crippen LogP) is -1.03. The number of aliphatic hydroxyl groups is 1. The Bertz CT molecular complexity index is 519. The van der Waals surface area contributed by atoms with Crippen LogP contribution in [-0.2, 0) is 14.8 Å². The summed E-state index contributed by atoms with van der Waals surface area (Å²) in [6.07, 6.45) is 1.01. The molecule has 7 nitrogen and oxygen atoms in total. The molecule has 0 aliphatic rings. The Labute approximate surface area is 106 Å². The molecule has 0 spiro atoms. The maximum Gasteiger partial charge on any atom is 0.247 e. The van der Waals surface area contributed by atoms with E-state index in [2.05, 4.69) is 20.9 Å². The highest BCUT2D eigenvalue weighted by molar-refractivity contribution is 9.10. The Kier molecular flexibility index (Phi) is 4.57. The molecular formula is C8H10BrN3O4S. The van der Waals surface area contributed by atoms with Crippen LogP contribution >= 0.6 is 15.9 Å². The van der Waals surface area contributed by atoms with Crippen LogP contribution in [0, 0.1) is 0 Å². The van der Waals surface area contributed by atoms with E-state index < -0.39 is 28.6 Å². The van der Waals surface area contributed by atoms with Crippen LogP contribution in [0.15, 0.2) is 27.8 Å². The van der Waals surface area contributed by atoms with Crippen LogP contribution in [0.2, 0.25) is 0 Å². The van der Waals surface area contributed by atoms with E-state index in [1.54, 1.807) is 0 Å². The molecule has 94 valence electrons. The topological polar surface area (TPSA) is 122 Å². The number of sulfonamides is 1. The van der Waals surface area contributed by atoms with Gasteiger partial charge in [0.25, 0.3) is 0 Å². The predicted molar refractivity (Wildman–Crippen MR) is 62.3 cm³/mol. The Hall–Kier alpha value is -1.03. The summed E-state index contributed by atoms with van der Waals surface area (Å²) in [5, 5.41) is 9.06. The van der Waals surface area contributed by atoms with Crippen LogP contribution in [0.1, 0.15) is 0 Å². The van der Waals surface area contributed by atoms with Gasteiger partial charge in [-0.3, -0.25) is 9.78 Å². The molecule has 0 saturated carbocycles. The first kappa shape index (κ1) is 14.0. The summed E-state index contributed by atoms with van der Waals surface area (Å²) < 4.78 is 25.9. The number of rotatable bonds is 5. The summed E-state index contributed by atoms with van der Waals surface area (Å²) in [5.41, 5.74) is 4.78. The summed E-state index contributed by atoms with van der Waals surface area (Å²) in [6, 6.07) is 1.34. The summed E-state index contributed by atoms with van der Waals surface area (Å²) >= 11 is 3.08. The number of nitrogens with zero attached hydrogens (tertiary/aromatic N) is 1. The molecule has 0 saturated heterocycles.